The molecule has 25 heavy (non-hydrogen) atoms. The van der Waals surface area contributed by atoms with Gasteiger partial charge >= 0.3 is 5.97 Å². The number of nitrogens with zero attached hydrogens (tertiary/aromatic N) is 4. The van der Waals surface area contributed by atoms with Gasteiger partial charge in [-0.1, -0.05) is 18.2 Å². The Hall–Kier alpha value is -3.16. The molecule has 1 atom stereocenters. The Morgan fingerprint density at radius 1 is 1.28 bits per heavy atom. The summed E-state index contributed by atoms with van der Waals surface area (Å²) in [5.41, 5.74) is 1.65. The highest BCUT2D eigenvalue weighted by atomic mass is 16.5. The summed E-state index contributed by atoms with van der Waals surface area (Å²) in [4.78, 5) is 19.9. The van der Waals surface area contributed by atoms with E-state index in [4.69, 9.17) is 0 Å². The summed E-state index contributed by atoms with van der Waals surface area (Å²) in [5, 5.41) is 11.7. The van der Waals surface area contributed by atoms with Gasteiger partial charge in [-0.15, -0.1) is 0 Å². The van der Waals surface area contributed by atoms with Gasteiger partial charge in [0.2, 0.25) is 0 Å². The smallest absolute Gasteiger partial charge is 0.327 e. The fourth-order valence-corrected chi connectivity index (χ4v) is 2.46. The van der Waals surface area contributed by atoms with Crippen molar-refractivity contribution in [1.82, 2.24) is 19.7 Å². The second kappa shape index (κ2) is 7.61. The van der Waals surface area contributed by atoms with E-state index in [1.54, 1.807) is 6.20 Å². The summed E-state index contributed by atoms with van der Waals surface area (Å²) >= 11 is 0. The molecule has 0 aliphatic rings. The molecule has 0 bridgehead atoms. The van der Waals surface area contributed by atoms with Gasteiger partial charge in [0, 0.05) is 18.3 Å². The van der Waals surface area contributed by atoms with Gasteiger partial charge in [0.05, 0.1) is 18.7 Å². The van der Waals surface area contributed by atoms with Crippen molar-refractivity contribution in [3.8, 4) is 0 Å². The Labute approximate surface area is 145 Å². The quantitative estimate of drug-likeness (QED) is 0.635. The maximum Gasteiger partial charge on any atom is 0.327 e. The van der Waals surface area contributed by atoms with Gasteiger partial charge in [0.15, 0.2) is 5.65 Å². The van der Waals surface area contributed by atoms with Crippen LogP contribution in [0.4, 0.5) is 11.5 Å². The van der Waals surface area contributed by atoms with Crippen LogP contribution >= 0.6 is 0 Å². The number of esters is 1. The van der Waals surface area contributed by atoms with E-state index in [9.17, 15) is 4.79 Å². The van der Waals surface area contributed by atoms with Crippen molar-refractivity contribution in [2.45, 2.75) is 19.5 Å². The molecule has 0 aliphatic heterocycles. The lowest BCUT2D eigenvalue weighted by Gasteiger charge is -2.16. The maximum absolute atomic E-state index is 11.4. The Morgan fingerprint density at radius 3 is 2.84 bits per heavy atom. The Bertz CT molecular complexity index is 849. The number of fused-ring (bicyclic) bond motifs is 1. The number of anilines is 2. The number of methoxy groups -OCH3 is 1. The van der Waals surface area contributed by atoms with Crippen LogP contribution in [0.5, 0.6) is 0 Å². The van der Waals surface area contributed by atoms with Crippen molar-refractivity contribution in [2.24, 2.45) is 0 Å². The summed E-state index contributed by atoms with van der Waals surface area (Å²) < 4.78 is 6.17. The van der Waals surface area contributed by atoms with Gasteiger partial charge in [0.25, 0.3) is 0 Å². The Morgan fingerprint density at radius 2 is 2.08 bits per heavy atom. The molecule has 0 spiro atoms. The zero-order valence-corrected chi connectivity index (χ0v) is 14.1. The van der Waals surface area contributed by atoms with Gasteiger partial charge in [0.1, 0.15) is 18.7 Å². The first-order chi connectivity index (χ1) is 12.2. The lowest BCUT2D eigenvalue weighted by molar-refractivity contribution is -0.141. The molecule has 2 heterocycles. The third-order valence-corrected chi connectivity index (χ3v) is 3.70. The number of carbonyl (C=O) groups excluding carboxylic acids is 1. The van der Waals surface area contributed by atoms with E-state index in [1.807, 2.05) is 30.3 Å². The predicted octanol–water partition coefficient (Wildman–Crippen LogP) is 1.91. The van der Waals surface area contributed by atoms with Gasteiger partial charge < -0.3 is 15.4 Å². The zero-order chi connectivity index (χ0) is 17.6. The van der Waals surface area contributed by atoms with Crippen LogP contribution < -0.4 is 10.6 Å². The monoisotopic (exact) mass is 340 g/mol. The van der Waals surface area contributed by atoms with E-state index in [0.29, 0.717) is 18.0 Å². The van der Waals surface area contributed by atoms with Crippen LogP contribution in [0.25, 0.3) is 11.0 Å². The molecule has 8 heteroatoms. The standard InChI is InChI=1S/C17H20N6O2/c1-12(22-13-6-4-3-5-7-13)8-18-16-14-9-21-23(10-15(24)25-2)17(14)20-11-19-16/h3-7,9,11-12,22H,8,10H2,1-2H3,(H,18,19,20). The highest BCUT2D eigenvalue weighted by Gasteiger charge is 2.13. The number of ether oxygens (including phenoxy) is 1. The van der Waals surface area contributed by atoms with E-state index in [-0.39, 0.29) is 18.6 Å². The first-order valence-corrected chi connectivity index (χ1v) is 7.96. The van der Waals surface area contributed by atoms with Gasteiger partial charge in [-0.05, 0) is 19.1 Å². The summed E-state index contributed by atoms with van der Waals surface area (Å²) in [6.45, 7) is 2.77. The molecule has 1 unspecified atom stereocenters. The van der Waals surface area contributed by atoms with E-state index >= 15 is 0 Å². The molecule has 0 aliphatic carbocycles. The minimum Gasteiger partial charge on any atom is -0.468 e. The van der Waals surface area contributed by atoms with Crippen molar-refractivity contribution in [3.05, 3.63) is 42.9 Å². The molecule has 2 aromatic heterocycles. The largest absolute Gasteiger partial charge is 0.468 e. The van der Waals surface area contributed by atoms with E-state index in [1.165, 1.54) is 18.1 Å². The highest BCUT2D eigenvalue weighted by molar-refractivity contribution is 5.86. The molecule has 0 fully saturated rings. The first-order valence-electron chi connectivity index (χ1n) is 7.96. The Kier molecular flexibility index (Phi) is 5.08. The van der Waals surface area contributed by atoms with Gasteiger partial charge in [-0.25, -0.2) is 14.6 Å². The van der Waals surface area contributed by atoms with Crippen LogP contribution in [0.15, 0.2) is 42.9 Å². The molecule has 2 N–H and O–H groups in total. The maximum atomic E-state index is 11.4. The number of hydrogen-bond donors (Lipinski definition) is 2. The second-order valence-corrected chi connectivity index (χ2v) is 5.63. The molecule has 3 rings (SSSR count). The van der Waals surface area contributed by atoms with Gasteiger partial charge in [-0.3, -0.25) is 4.79 Å². The van der Waals surface area contributed by atoms with Crippen molar-refractivity contribution < 1.29 is 9.53 Å². The molecule has 0 amide bonds. The van der Waals surface area contributed by atoms with Crippen molar-refractivity contribution in [1.29, 1.82) is 0 Å². The second-order valence-electron chi connectivity index (χ2n) is 5.63. The number of carbonyl (C=O) groups is 1. The third-order valence-electron chi connectivity index (χ3n) is 3.70. The lowest BCUT2D eigenvalue weighted by atomic mass is 10.2. The van der Waals surface area contributed by atoms with Gasteiger partial charge in [-0.2, -0.15) is 5.10 Å². The van der Waals surface area contributed by atoms with Crippen LogP contribution in [-0.4, -0.2) is 45.4 Å². The molecule has 130 valence electrons. The average molecular weight is 340 g/mol. The van der Waals surface area contributed by atoms with Crippen molar-refractivity contribution >= 4 is 28.5 Å². The molecular weight excluding hydrogens is 320 g/mol. The van der Waals surface area contributed by atoms with Crippen LogP contribution in [0.3, 0.4) is 0 Å². The minimum atomic E-state index is -0.376. The summed E-state index contributed by atoms with van der Waals surface area (Å²) in [7, 11) is 1.34. The van der Waals surface area contributed by atoms with Crippen molar-refractivity contribution in [2.75, 3.05) is 24.3 Å². The van der Waals surface area contributed by atoms with Crippen LogP contribution in [0.1, 0.15) is 6.92 Å². The number of rotatable bonds is 7. The normalized spacial score (nSPS) is 11.9. The SMILES string of the molecule is COC(=O)Cn1ncc2c(NCC(C)Nc3ccccc3)ncnc21. The van der Waals surface area contributed by atoms with Crippen LogP contribution in [0.2, 0.25) is 0 Å². The molecule has 0 saturated heterocycles. The number of para-hydroxylation sites is 1. The number of aromatic nitrogens is 4. The Balaban J connectivity index is 1.68. The molecule has 3 aromatic rings. The van der Waals surface area contributed by atoms with Crippen LogP contribution in [-0.2, 0) is 16.1 Å². The highest BCUT2D eigenvalue weighted by Crippen LogP contribution is 2.18. The summed E-state index contributed by atoms with van der Waals surface area (Å²) in [5.74, 6) is 0.307. The molecule has 0 radical (unpaired) electrons. The molecule has 1 aromatic carbocycles. The van der Waals surface area contributed by atoms with E-state index < -0.39 is 0 Å². The number of hydrogen-bond acceptors (Lipinski definition) is 7. The summed E-state index contributed by atoms with van der Waals surface area (Å²) in [6, 6.07) is 10.2. The summed E-state index contributed by atoms with van der Waals surface area (Å²) in [6.07, 6.45) is 3.10. The zero-order valence-electron chi connectivity index (χ0n) is 14.1. The fourth-order valence-electron chi connectivity index (χ4n) is 2.46. The number of nitrogens with one attached hydrogen (secondary N) is 2. The fraction of sp³-hybridized carbons (Fsp3) is 0.294. The average Bonchev–Trinajstić information content (AvgIpc) is 3.04. The molecule has 8 nitrogen and oxygen atoms in total. The third kappa shape index (κ3) is 4.03. The first kappa shape index (κ1) is 16.7. The minimum absolute atomic E-state index is 0.0163. The lowest BCUT2D eigenvalue weighted by Crippen LogP contribution is -2.25. The predicted molar refractivity (Wildman–Crippen MR) is 95.4 cm³/mol. The van der Waals surface area contributed by atoms with E-state index in [0.717, 1.165) is 11.1 Å². The van der Waals surface area contributed by atoms with Crippen molar-refractivity contribution in [3.63, 3.8) is 0 Å². The van der Waals surface area contributed by atoms with E-state index in [2.05, 4.69) is 37.4 Å². The van der Waals surface area contributed by atoms with Crippen LogP contribution in [0, 0.1) is 0 Å². The molecule has 0 saturated carbocycles. The number of benzene rings is 1. The molecular formula is C17H20N6O2. The topological polar surface area (TPSA) is 94.0 Å².